The van der Waals surface area contributed by atoms with Crippen molar-refractivity contribution in [2.75, 3.05) is 27.3 Å². The van der Waals surface area contributed by atoms with Crippen molar-refractivity contribution >= 4 is 35.1 Å². The number of pyridine rings is 2. The maximum Gasteiger partial charge on any atom is 0.317 e. The number of carboxylic acid groups (broad SMARTS) is 1. The molecule has 2 aromatic heterocycles. The quantitative estimate of drug-likeness (QED) is 0.151. The molecule has 0 bridgehead atoms. The lowest BCUT2D eigenvalue weighted by Gasteiger charge is -2.16. The molecule has 0 unspecified atom stereocenters. The molecular weight excluding hydrogens is 617 g/mol. The highest BCUT2D eigenvalue weighted by atomic mass is 35.5. The number of halogens is 2. The Hall–Kier alpha value is -4.22. The van der Waals surface area contributed by atoms with E-state index in [1.807, 2.05) is 54.6 Å². The van der Waals surface area contributed by atoms with Gasteiger partial charge in [-0.1, -0.05) is 59.6 Å². The van der Waals surface area contributed by atoms with Gasteiger partial charge >= 0.3 is 5.97 Å². The third-order valence-corrected chi connectivity index (χ3v) is 8.32. The lowest BCUT2D eigenvalue weighted by atomic mass is 9.99. The maximum atomic E-state index is 11.5. The summed E-state index contributed by atoms with van der Waals surface area (Å²) in [5.74, 6) is 0.218. The van der Waals surface area contributed by atoms with E-state index in [0.717, 1.165) is 34.2 Å². The molecule has 1 amide bonds. The van der Waals surface area contributed by atoms with E-state index >= 15 is 0 Å². The first-order valence-electron chi connectivity index (χ1n) is 14.4. The number of carbonyl (C=O) groups excluding carboxylic acids is 1. The second-order valence-electron chi connectivity index (χ2n) is 10.5. The SMILES string of the molecule is COc1cc(-c2nccc(-c3cccc(-c4ccc(CNC[C@H]5CCC(=O)N5)c(OC)n4)c3Cl)c2Cl)ccc1CNCC(=O)O. The van der Waals surface area contributed by atoms with Gasteiger partial charge < -0.3 is 30.5 Å². The zero-order chi connectivity index (χ0) is 31.9. The fraction of sp³-hybridized carbons (Fsp3) is 0.273. The predicted molar refractivity (Wildman–Crippen MR) is 174 cm³/mol. The molecule has 0 spiro atoms. The predicted octanol–water partition coefficient (Wildman–Crippen LogP) is 5.34. The van der Waals surface area contributed by atoms with E-state index in [2.05, 4.69) is 20.9 Å². The monoisotopic (exact) mass is 649 g/mol. The number of nitrogens with zero attached hydrogens (tertiary/aromatic N) is 2. The minimum Gasteiger partial charge on any atom is -0.496 e. The number of rotatable bonds is 13. The van der Waals surface area contributed by atoms with Gasteiger partial charge in [0.15, 0.2) is 0 Å². The molecule has 1 fully saturated rings. The first-order chi connectivity index (χ1) is 21.8. The van der Waals surface area contributed by atoms with Gasteiger partial charge in [0.05, 0.1) is 42.2 Å². The number of aliphatic carboxylic acids is 1. The Balaban J connectivity index is 1.39. The largest absolute Gasteiger partial charge is 0.496 e. The summed E-state index contributed by atoms with van der Waals surface area (Å²) in [6, 6.07) is 17.0. The van der Waals surface area contributed by atoms with E-state index in [0.29, 0.717) is 64.7 Å². The minimum absolute atomic E-state index is 0.0900. The van der Waals surface area contributed by atoms with E-state index in [-0.39, 0.29) is 18.5 Å². The van der Waals surface area contributed by atoms with Gasteiger partial charge in [0.2, 0.25) is 11.8 Å². The second kappa shape index (κ2) is 14.7. The first-order valence-corrected chi connectivity index (χ1v) is 15.1. The van der Waals surface area contributed by atoms with Crippen molar-refractivity contribution in [1.82, 2.24) is 25.9 Å². The molecule has 5 rings (SSSR count). The summed E-state index contributed by atoms with van der Waals surface area (Å²) >= 11 is 14.0. The van der Waals surface area contributed by atoms with Gasteiger partial charge in [0, 0.05) is 71.7 Å². The molecule has 4 aromatic rings. The molecule has 0 aliphatic carbocycles. The van der Waals surface area contributed by atoms with Gasteiger partial charge in [-0.3, -0.25) is 14.6 Å². The zero-order valence-corrected chi connectivity index (χ0v) is 26.3. The van der Waals surface area contributed by atoms with Crippen LogP contribution in [-0.2, 0) is 22.7 Å². The Morgan fingerprint density at radius 3 is 2.47 bits per heavy atom. The van der Waals surface area contributed by atoms with Crippen molar-refractivity contribution in [1.29, 1.82) is 0 Å². The third-order valence-electron chi connectivity index (χ3n) is 7.53. The third kappa shape index (κ3) is 7.54. The van der Waals surface area contributed by atoms with E-state index in [1.165, 1.54) is 0 Å². The molecule has 10 nitrogen and oxygen atoms in total. The number of ether oxygens (including phenoxy) is 2. The maximum absolute atomic E-state index is 11.5. The van der Waals surface area contributed by atoms with Crippen LogP contribution in [0.15, 0.2) is 60.8 Å². The second-order valence-corrected chi connectivity index (χ2v) is 11.3. The summed E-state index contributed by atoms with van der Waals surface area (Å²) in [7, 11) is 3.14. The summed E-state index contributed by atoms with van der Waals surface area (Å²) in [5, 5.41) is 19.0. The van der Waals surface area contributed by atoms with Crippen LogP contribution in [0.25, 0.3) is 33.6 Å². The molecule has 1 aliphatic rings. The van der Waals surface area contributed by atoms with Gasteiger partial charge in [-0.25, -0.2) is 4.98 Å². The average molecular weight is 651 g/mol. The van der Waals surface area contributed by atoms with Crippen molar-refractivity contribution < 1.29 is 24.2 Å². The highest BCUT2D eigenvalue weighted by molar-refractivity contribution is 6.39. The van der Waals surface area contributed by atoms with Crippen LogP contribution in [-0.4, -0.2) is 60.3 Å². The normalized spacial score (nSPS) is 14.3. The summed E-state index contributed by atoms with van der Waals surface area (Å²) < 4.78 is 11.2. The molecule has 1 saturated heterocycles. The molecule has 45 heavy (non-hydrogen) atoms. The molecule has 0 radical (unpaired) electrons. The number of hydrogen-bond acceptors (Lipinski definition) is 8. The standard InChI is InChI=1S/C33H33Cl2N5O5/c1-44-27-14-19(6-7-20(27)15-37-18-29(42)43)32-31(35)24(12-13-38-32)23-4-3-5-25(30(23)34)26-10-8-21(33(40-26)45-2)16-36-17-22-9-11-28(41)39-22/h3-8,10,12-14,22,36-37H,9,11,15-18H2,1-2H3,(H,39,41)(H,42,43)/t22-/m1/s1. The van der Waals surface area contributed by atoms with Gasteiger partial charge in [0.25, 0.3) is 0 Å². The van der Waals surface area contributed by atoms with Crippen molar-refractivity contribution in [3.63, 3.8) is 0 Å². The molecule has 2 aromatic carbocycles. The Labute approximate surface area is 271 Å². The van der Waals surface area contributed by atoms with Gasteiger partial charge in [-0.05, 0) is 24.6 Å². The Morgan fingerprint density at radius 2 is 1.73 bits per heavy atom. The van der Waals surface area contributed by atoms with Crippen LogP contribution in [0.4, 0.5) is 0 Å². The topological polar surface area (TPSA) is 135 Å². The number of benzene rings is 2. The van der Waals surface area contributed by atoms with Gasteiger partial charge in [-0.2, -0.15) is 0 Å². The lowest BCUT2D eigenvalue weighted by molar-refractivity contribution is -0.136. The fourth-order valence-corrected chi connectivity index (χ4v) is 5.92. The Kier molecular flexibility index (Phi) is 10.5. The number of amides is 1. The Bertz CT molecular complexity index is 1720. The lowest BCUT2D eigenvalue weighted by Crippen LogP contribution is -2.35. The van der Waals surface area contributed by atoms with Crippen LogP contribution in [0.2, 0.25) is 10.0 Å². The number of aromatic nitrogens is 2. The number of carbonyl (C=O) groups is 2. The zero-order valence-electron chi connectivity index (χ0n) is 24.8. The summed E-state index contributed by atoms with van der Waals surface area (Å²) in [5.41, 5.74) is 5.76. The van der Waals surface area contributed by atoms with E-state index in [1.54, 1.807) is 20.4 Å². The van der Waals surface area contributed by atoms with Crippen LogP contribution < -0.4 is 25.4 Å². The highest BCUT2D eigenvalue weighted by Gasteiger charge is 2.21. The molecule has 234 valence electrons. The molecule has 3 heterocycles. The number of hydrogen-bond donors (Lipinski definition) is 4. The minimum atomic E-state index is -0.937. The van der Waals surface area contributed by atoms with Crippen LogP contribution in [0.3, 0.4) is 0 Å². The number of carboxylic acids is 1. The smallest absolute Gasteiger partial charge is 0.317 e. The van der Waals surface area contributed by atoms with Crippen molar-refractivity contribution in [3.05, 3.63) is 82.0 Å². The molecular formula is C33H33Cl2N5O5. The van der Waals surface area contributed by atoms with E-state index in [9.17, 15) is 9.59 Å². The summed E-state index contributed by atoms with van der Waals surface area (Å²) in [6.07, 6.45) is 3.07. The van der Waals surface area contributed by atoms with Crippen LogP contribution in [0.1, 0.15) is 24.0 Å². The molecule has 1 atom stereocenters. The molecule has 0 saturated carbocycles. The Morgan fingerprint density at radius 1 is 0.978 bits per heavy atom. The van der Waals surface area contributed by atoms with Crippen molar-refractivity contribution in [2.45, 2.75) is 32.0 Å². The fourth-order valence-electron chi connectivity index (χ4n) is 5.27. The van der Waals surface area contributed by atoms with Gasteiger partial charge in [-0.15, -0.1) is 0 Å². The van der Waals surface area contributed by atoms with E-state index < -0.39 is 5.97 Å². The van der Waals surface area contributed by atoms with Crippen LogP contribution in [0, 0.1) is 0 Å². The molecule has 4 N–H and O–H groups in total. The van der Waals surface area contributed by atoms with Crippen LogP contribution >= 0.6 is 23.2 Å². The highest BCUT2D eigenvalue weighted by Crippen LogP contribution is 2.42. The van der Waals surface area contributed by atoms with Crippen molar-refractivity contribution in [3.8, 4) is 45.3 Å². The van der Waals surface area contributed by atoms with Crippen LogP contribution in [0.5, 0.6) is 11.6 Å². The summed E-state index contributed by atoms with van der Waals surface area (Å²) in [6.45, 7) is 1.37. The summed E-state index contributed by atoms with van der Waals surface area (Å²) in [4.78, 5) is 31.6. The average Bonchev–Trinajstić information content (AvgIpc) is 3.46. The van der Waals surface area contributed by atoms with Gasteiger partial charge in [0.1, 0.15) is 5.75 Å². The molecule has 12 heteroatoms. The van der Waals surface area contributed by atoms with Crippen molar-refractivity contribution in [2.24, 2.45) is 0 Å². The van der Waals surface area contributed by atoms with E-state index in [4.69, 9.17) is 42.8 Å². The molecule has 1 aliphatic heterocycles. The number of methoxy groups -OCH3 is 2. The number of nitrogens with one attached hydrogen (secondary N) is 3. The first kappa shape index (κ1) is 32.2.